The summed E-state index contributed by atoms with van der Waals surface area (Å²) in [4.78, 5) is 36.9. The van der Waals surface area contributed by atoms with Crippen LogP contribution in [0.5, 0.6) is 11.5 Å². The largest absolute Gasteiger partial charge is 0.493 e. The van der Waals surface area contributed by atoms with Crippen molar-refractivity contribution in [1.29, 1.82) is 0 Å². The average molecular weight is 522 g/mol. The van der Waals surface area contributed by atoms with Crippen LogP contribution in [0.25, 0.3) is 0 Å². The molecule has 2 amide bonds. The number of rotatable bonds is 12. The Balaban J connectivity index is 1.65. The van der Waals surface area contributed by atoms with Gasteiger partial charge in [0.2, 0.25) is 11.8 Å². The van der Waals surface area contributed by atoms with Crippen molar-refractivity contribution in [3.05, 3.63) is 57.6 Å². The number of ether oxygens (including phenoxy) is 3. The maximum Gasteiger partial charge on any atom is 0.306 e. The van der Waals surface area contributed by atoms with Gasteiger partial charge < -0.3 is 14.2 Å². The van der Waals surface area contributed by atoms with Gasteiger partial charge in [0.05, 0.1) is 36.7 Å². The average Bonchev–Trinajstić information content (AvgIpc) is 3.16. The van der Waals surface area contributed by atoms with Crippen molar-refractivity contribution < 1.29 is 28.6 Å². The summed E-state index contributed by atoms with van der Waals surface area (Å²) in [5.74, 6) is 0.391. The standard InChI is InChI=1S/C26H29Cl2NO6/c1-3-34-26(32)16-19(18-7-8-20(27)21(28)15-18)6-4-17-5-9-22(23(14-17)33-2)35-13-12-29-24(30)10-11-25(29)31/h5,7-9,14-15,19H,3-4,6,10-13,16H2,1-2H3. The number of methoxy groups -OCH3 is 1. The van der Waals surface area contributed by atoms with Gasteiger partial charge in [0.1, 0.15) is 6.61 Å². The van der Waals surface area contributed by atoms with E-state index in [9.17, 15) is 14.4 Å². The van der Waals surface area contributed by atoms with Gasteiger partial charge in [0.15, 0.2) is 11.5 Å². The molecule has 0 aromatic heterocycles. The fraction of sp³-hybridized carbons (Fsp3) is 0.423. The molecule has 0 bridgehead atoms. The third-order valence-electron chi connectivity index (χ3n) is 5.87. The summed E-state index contributed by atoms with van der Waals surface area (Å²) in [5, 5.41) is 0.905. The lowest BCUT2D eigenvalue weighted by Crippen LogP contribution is -2.33. The number of hydrogen-bond acceptors (Lipinski definition) is 6. The molecule has 3 rings (SSSR count). The molecule has 2 aromatic rings. The van der Waals surface area contributed by atoms with Crippen molar-refractivity contribution >= 4 is 41.0 Å². The highest BCUT2D eigenvalue weighted by Gasteiger charge is 2.28. The van der Waals surface area contributed by atoms with E-state index in [4.69, 9.17) is 37.4 Å². The minimum absolute atomic E-state index is 0.0960. The van der Waals surface area contributed by atoms with Crippen molar-refractivity contribution in [3.63, 3.8) is 0 Å². The molecule has 0 radical (unpaired) electrons. The van der Waals surface area contributed by atoms with E-state index in [1.54, 1.807) is 32.2 Å². The van der Waals surface area contributed by atoms with E-state index in [0.29, 0.717) is 41.0 Å². The van der Waals surface area contributed by atoms with Gasteiger partial charge in [0, 0.05) is 12.8 Å². The Labute approximate surface area is 215 Å². The van der Waals surface area contributed by atoms with E-state index in [0.717, 1.165) is 11.1 Å². The lowest BCUT2D eigenvalue weighted by molar-refractivity contribution is -0.143. The topological polar surface area (TPSA) is 82.1 Å². The van der Waals surface area contributed by atoms with Gasteiger partial charge in [-0.2, -0.15) is 0 Å². The number of benzene rings is 2. The number of amides is 2. The number of hydrogen-bond donors (Lipinski definition) is 0. The number of aryl methyl sites for hydroxylation is 1. The van der Waals surface area contributed by atoms with Gasteiger partial charge in [-0.15, -0.1) is 0 Å². The Hall–Kier alpha value is -2.77. The zero-order valence-electron chi connectivity index (χ0n) is 19.9. The molecular formula is C26H29Cl2NO6. The molecule has 1 unspecified atom stereocenters. The van der Waals surface area contributed by atoms with Gasteiger partial charge in [-0.1, -0.05) is 35.3 Å². The molecule has 1 aliphatic rings. The van der Waals surface area contributed by atoms with Gasteiger partial charge >= 0.3 is 5.97 Å². The zero-order chi connectivity index (χ0) is 25.4. The first kappa shape index (κ1) is 26.8. The van der Waals surface area contributed by atoms with E-state index in [-0.39, 0.29) is 56.1 Å². The van der Waals surface area contributed by atoms with Gasteiger partial charge in [-0.3, -0.25) is 19.3 Å². The summed E-state index contributed by atoms with van der Waals surface area (Å²) >= 11 is 12.3. The highest BCUT2D eigenvalue weighted by atomic mass is 35.5. The first-order valence-corrected chi connectivity index (χ1v) is 12.3. The number of nitrogens with zero attached hydrogens (tertiary/aromatic N) is 1. The van der Waals surface area contributed by atoms with Crippen LogP contribution in [0.4, 0.5) is 0 Å². The quantitative estimate of drug-likeness (QED) is 0.282. The SMILES string of the molecule is CCOC(=O)CC(CCc1ccc(OCCN2C(=O)CCC2=O)c(OC)c1)c1ccc(Cl)c(Cl)c1. The number of halogens is 2. The van der Waals surface area contributed by atoms with Crippen molar-refractivity contribution in [1.82, 2.24) is 4.90 Å². The Kier molecular flexibility index (Phi) is 9.81. The molecule has 7 nitrogen and oxygen atoms in total. The Bertz CT molecular complexity index is 1060. The molecule has 0 N–H and O–H groups in total. The number of likely N-dealkylation sites (tertiary alicyclic amines) is 1. The Morgan fingerprint density at radius 2 is 1.77 bits per heavy atom. The number of carbonyl (C=O) groups excluding carboxylic acids is 3. The molecule has 9 heteroatoms. The first-order valence-electron chi connectivity index (χ1n) is 11.6. The first-order chi connectivity index (χ1) is 16.8. The molecule has 1 heterocycles. The van der Waals surface area contributed by atoms with E-state index in [1.807, 2.05) is 18.2 Å². The molecule has 0 aliphatic carbocycles. The predicted molar refractivity (Wildman–Crippen MR) is 133 cm³/mol. The van der Waals surface area contributed by atoms with Crippen LogP contribution in [-0.4, -0.2) is 49.6 Å². The summed E-state index contributed by atoms with van der Waals surface area (Å²) in [6, 6.07) is 11.0. The van der Waals surface area contributed by atoms with Gasteiger partial charge in [0.25, 0.3) is 0 Å². The van der Waals surface area contributed by atoms with E-state index in [1.165, 1.54) is 4.90 Å². The molecular weight excluding hydrogens is 493 g/mol. The van der Waals surface area contributed by atoms with Crippen LogP contribution >= 0.6 is 23.2 Å². The van der Waals surface area contributed by atoms with Crippen molar-refractivity contribution in [3.8, 4) is 11.5 Å². The second-order valence-electron chi connectivity index (χ2n) is 8.19. The number of imide groups is 1. The summed E-state index contributed by atoms with van der Waals surface area (Å²) < 4.78 is 16.4. The van der Waals surface area contributed by atoms with Crippen LogP contribution in [0.2, 0.25) is 10.0 Å². The van der Waals surface area contributed by atoms with E-state index < -0.39 is 0 Å². The third-order valence-corrected chi connectivity index (χ3v) is 6.61. The molecule has 0 saturated carbocycles. The van der Waals surface area contributed by atoms with Crippen LogP contribution in [0.3, 0.4) is 0 Å². The van der Waals surface area contributed by atoms with Crippen LogP contribution in [0.15, 0.2) is 36.4 Å². The highest BCUT2D eigenvalue weighted by molar-refractivity contribution is 6.42. The normalized spacial score (nSPS) is 14.2. The lowest BCUT2D eigenvalue weighted by Gasteiger charge is -2.18. The van der Waals surface area contributed by atoms with Gasteiger partial charge in [-0.25, -0.2) is 0 Å². The Morgan fingerprint density at radius 1 is 1.03 bits per heavy atom. The molecule has 1 atom stereocenters. The molecule has 1 fully saturated rings. The summed E-state index contributed by atoms with van der Waals surface area (Å²) in [6.07, 6.45) is 2.11. The van der Waals surface area contributed by atoms with E-state index in [2.05, 4.69) is 0 Å². The van der Waals surface area contributed by atoms with Gasteiger partial charge in [-0.05, 0) is 61.1 Å². The fourth-order valence-electron chi connectivity index (χ4n) is 4.02. The number of esters is 1. The maximum absolute atomic E-state index is 12.2. The molecule has 0 spiro atoms. The lowest BCUT2D eigenvalue weighted by atomic mass is 9.89. The Morgan fingerprint density at radius 3 is 2.43 bits per heavy atom. The number of carbonyl (C=O) groups is 3. The minimum atomic E-state index is -0.264. The molecule has 35 heavy (non-hydrogen) atoms. The molecule has 1 saturated heterocycles. The zero-order valence-corrected chi connectivity index (χ0v) is 21.4. The predicted octanol–water partition coefficient (Wildman–Crippen LogP) is 5.20. The highest BCUT2D eigenvalue weighted by Crippen LogP contribution is 2.33. The summed E-state index contributed by atoms with van der Waals surface area (Å²) in [5.41, 5.74) is 1.93. The van der Waals surface area contributed by atoms with Crippen molar-refractivity contribution in [2.75, 3.05) is 26.9 Å². The summed E-state index contributed by atoms with van der Waals surface area (Å²) in [7, 11) is 1.55. The second kappa shape index (κ2) is 12.8. The van der Waals surface area contributed by atoms with E-state index >= 15 is 0 Å². The smallest absolute Gasteiger partial charge is 0.306 e. The monoisotopic (exact) mass is 521 g/mol. The second-order valence-corrected chi connectivity index (χ2v) is 9.01. The molecule has 1 aliphatic heterocycles. The van der Waals surface area contributed by atoms with Crippen molar-refractivity contribution in [2.24, 2.45) is 0 Å². The third kappa shape index (κ3) is 7.36. The van der Waals surface area contributed by atoms with Crippen LogP contribution < -0.4 is 9.47 Å². The van der Waals surface area contributed by atoms with Crippen LogP contribution in [-0.2, 0) is 25.5 Å². The minimum Gasteiger partial charge on any atom is -0.493 e. The molecule has 2 aromatic carbocycles. The van der Waals surface area contributed by atoms with Crippen LogP contribution in [0.1, 0.15) is 49.7 Å². The van der Waals surface area contributed by atoms with Crippen LogP contribution in [0, 0.1) is 0 Å². The maximum atomic E-state index is 12.2. The molecule has 188 valence electrons. The van der Waals surface area contributed by atoms with Crippen molar-refractivity contribution in [2.45, 2.75) is 44.9 Å². The summed E-state index contributed by atoms with van der Waals surface area (Å²) in [6.45, 7) is 2.50. The fourth-order valence-corrected chi connectivity index (χ4v) is 4.33.